The average Bonchev–Trinajstić information content (AvgIpc) is 3.13. The van der Waals surface area contributed by atoms with Gasteiger partial charge in [-0.15, -0.1) is 0 Å². The van der Waals surface area contributed by atoms with E-state index in [1.165, 1.54) is 0 Å². The van der Waals surface area contributed by atoms with Crippen LogP contribution in [0.25, 0.3) is 0 Å². The van der Waals surface area contributed by atoms with E-state index in [0.29, 0.717) is 42.5 Å². The summed E-state index contributed by atoms with van der Waals surface area (Å²) in [6, 6.07) is 21.3. The minimum absolute atomic E-state index is 0.155. The summed E-state index contributed by atoms with van der Waals surface area (Å²) >= 11 is 0. The molecule has 1 heterocycles. The minimum Gasteiger partial charge on any atom is -0.494 e. The van der Waals surface area contributed by atoms with E-state index in [0.717, 1.165) is 11.1 Å². The van der Waals surface area contributed by atoms with Crippen LogP contribution in [0.3, 0.4) is 0 Å². The van der Waals surface area contributed by atoms with Crippen molar-refractivity contribution in [2.24, 2.45) is 0 Å². The van der Waals surface area contributed by atoms with Crippen LogP contribution in [-0.4, -0.2) is 29.9 Å². The summed E-state index contributed by atoms with van der Waals surface area (Å²) in [5, 5.41) is 2.98. The molecule has 1 N–H and O–H groups in total. The fraction of sp³-hybridized carbons (Fsp3) is 0.231. The van der Waals surface area contributed by atoms with E-state index in [1.54, 1.807) is 29.2 Å². The summed E-state index contributed by atoms with van der Waals surface area (Å²) in [6.07, 6.45) is 0. The van der Waals surface area contributed by atoms with Gasteiger partial charge in [0.25, 0.3) is 11.8 Å². The third kappa shape index (κ3) is 4.30. The smallest absolute Gasteiger partial charge is 0.255 e. The first-order valence-electron chi connectivity index (χ1n) is 10.8. The van der Waals surface area contributed by atoms with Gasteiger partial charge in [-0.2, -0.15) is 0 Å². The molecule has 1 aliphatic rings. The maximum absolute atomic E-state index is 13.6. The van der Waals surface area contributed by atoms with Crippen LogP contribution in [0, 0.1) is 0 Å². The molecule has 1 atom stereocenters. The van der Waals surface area contributed by atoms with Crippen LogP contribution in [0.15, 0.2) is 72.8 Å². The lowest BCUT2D eigenvalue weighted by Crippen LogP contribution is -2.37. The monoisotopic (exact) mass is 430 g/mol. The molecule has 3 aromatic carbocycles. The van der Waals surface area contributed by atoms with Crippen molar-refractivity contribution >= 4 is 17.5 Å². The molecule has 32 heavy (non-hydrogen) atoms. The fourth-order valence-electron chi connectivity index (χ4n) is 3.94. The molecule has 0 saturated carbocycles. The third-order valence-electron chi connectivity index (χ3n) is 5.34. The highest BCUT2D eigenvalue weighted by Crippen LogP contribution is 2.34. The normalized spacial score (nSPS) is 13.4. The van der Waals surface area contributed by atoms with Crippen molar-refractivity contribution in [1.82, 2.24) is 4.90 Å². The third-order valence-corrected chi connectivity index (χ3v) is 5.34. The molecule has 1 aliphatic heterocycles. The summed E-state index contributed by atoms with van der Waals surface area (Å²) < 4.78 is 11.3. The number of fused-ring (bicyclic) bond motifs is 1. The van der Waals surface area contributed by atoms with Gasteiger partial charge >= 0.3 is 0 Å². The molecule has 164 valence electrons. The molecule has 1 unspecified atom stereocenters. The number of hydrogen-bond donors (Lipinski definition) is 1. The van der Waals surface area contributed by atoms with Gasteiger partial charge in [0.05, 0.1) is 18.9 Å². The van der Waals surface area contributed by atoms with Crippen LogP contribution in [0.5, 0.6) is 11.5 Å². The number of rotatable bonds is 8. The number of anilines is 1. The SMILES string of the molecule is CCOc1ccc(OCC)c(NC(=O)C(c2ccccc2)N2Cc3ccccc3C2=O)c1. The molecule has 0 spiro atoms. The van der Waals surface area contributed by atoms with Crippen LogP contribution in [-0.2, 0) is 11.3 Å². The Labute approximate surface area is 187 Å². The lowest BCUT2D eigenvalue weighted by Gasteiger charge is -2.27. The maximum Gasteiger partial charge on any atom is 0.255 e. The second-order valence-electron chi connectivity index (χ2n) is 7.42. The Bertz CT molecular complexity index is 1110. The van der Waals surface area contributed by atoms with E-state index < -0.39 is 6.04 Å². The Morgan fingerprint density at radius 2 is 1.69 bits per heavy atom. The van der Waals surface area contributed by atoms with Gasteiger partial charge in [0.15, 0.2) is 0 Å². The number of nitrogens with zero attached hydrogens (tertiary/aromatic N) is 1. The van der Waals surface area contributed by atoms with Crippen molar-refractivity contribution in [2.75, 3.05) is 18.5 Å². The molecule has 6 nitrogen and oxygen atoms in total. The molecule has 0 bridgehead atoms. The number of ether oxygens (including phenoxy) is 2. The van der Waals surface area contributed by atoms with Crippen molar-refractivity contribution in [3.05, 3.63) is 89.5 Å². The lowest BCUT2D eigenvalue weighted by molar-refractivity contribution is -0.120. The number of carbonyl (C=O) groups is 2. The van der Waals surface area contributed by atoms with E-state index in [1.807, 2.05) is 62.4 Å². The molecule has 0 aromatic heterocycles. The highest BCUT2D eigenvalue weighted by Gasteiger charge is 2.37. The van der Waals surface area contributed by atoms with Crippen LogP contribution >= 0.6 is 0 Å². The summed E-state index contributed by atoms with van der Waals surface area (Å²) in [6.45, 7) is 5.12. The molecule has 6 heteroatoms. The summed E-state index contributed by atoms with van der Waals surface area (Å²) in [5.74, 6) is 0.712. The number of hydrogen-bond acceptors (Lipinski definition) is 4. The number of benzene rings is 3. The molecule has 0 radical (unpaired) electrons. The van der Waals surface area contributed by atoms with Crippen molar-refractivity contribution in [1.29, 1.82) is 0 Å². The molecular weight excluding hydrogens is 404 g/mol. The molecule has 0 saturated heterocycles. The van der Waals surface area contributed by atoms with Crippen LogP contribution in [0.1, 0.15) is 41.4 Å². The standard InChI is InChI=1S/C26H26N2O4/c1-3-31-20-14-15-23(32-4-2)22(16-20)27-25(29)24(18-10-6-5-7-11-18)28-17-19-12-8-9-13-21(19)26(28)30/h5-16,24H,3-4,17H2,1-2H3,(H,27,29). The van der Waals surface area contributed by atoms with Crippen molar-refractivity contribution < 1.29 is 19.1 Å². The van der Waals surface area contributed by atoms with Gasteiger partial charge in [-0.1, -0.05) is 48.5 Å². The maximum atomic E-state index is 13.6. The van der Waals surface area contributed by atoms with Crippen LogP contribution in [0.2, 0.25) is 0 Å². The topological polar surface area (TPSA) is 67.9 Å². The van der Waals surface area contributed by atoms with Gasteiger partial charge in [-0.05, 0) is 43.2 Å². The van der Waals surface area contributed by atoms with Gasteiger partial charge in [-0.3, -0.25) is 9.59 Å². The van der Waals surface area contributed by atoms with Crippen LogP contribution < -0.4 is 14.8 Å². The van der Waals surface area contributed by atoms with E-state index in [2.05, 4.69) is 5.32 Å². The van der Waals surface area contributed by atoms with Gasteiger partial charge < -0.3 is 19.7 Å². The van der Waals surface area contributed by atoms with E-state index >= 15 is 0 Å². The molecule has 2 amide bonds. The van der Waals surface area contributed by atoms with Crippen molar-refractivity contribution in [2.45, 2.75) is 26.4 Å². The molecule has 4 rings (SSSR count). The largest absolute Gasteiger partial charge is 0.494 e. The quantitative estimate of drug-likeness (QED) is 0.556. The number of nitrogens with one attached hydrogen (secondary N) is 1. The molecule has 0 aliphatic carbocycles. The Kier molecular flexibility index (Phi) is 6.40. The van der Waals surface area contributed by atoms with E-state index in [4.69, 9.17) is 9.47 Å². The zero-order valence-electron chi connectivity index (χ0n) is 18.2. The predicted molar refractivity (Wildman–Crippen MR) is 123 cm³/mol. The molecule has 0 fully saturated rings. The summed E-state index contributed by atoms with van der Waals surface area (Å²) in [5.41, 5.74) is 2.80. The highest BCUT2D eigenvalue weighted by atomic mass is 16.5. The van der Waals surface area contributed by atoms with E-state index in [9.17, 15) is 9.59 Å². The Morgan fingerprint density at radius 3 is 2.41 bits per heavy atom. The first-order chi connectivity index (χ1) is 15.6. The van der Waals surface area contributed by atoms with Crippen molar-refractivity contribution in [3.8, 4) is 11.5 Å². The predicted octanol–water partition coefficient (Wildman–Crippen LogP) is 4.82. The minimum atomic E-state index is -0.790. The average molecular weight is 431 g/mol. The van der Waals surface area contributed by atoms with Crippen molar-refractivity contribution in [3.63, 3.8) is 0 Å². The molecular formula is C26H26N2O4. The number of amides is 2. The molecule has 3 aromatic rings. The van der Waals surface area contributed by atoms with Gasteiger partial charge in [-0.25, -0.2) is 0 Å². The Hall–Kier alpha value is -3.80. The zero-order valence-corrected chi connectivity index (χ0v) is 18.2. The van der Waals surface area contributed by atoms with Gasteiger partial charge in [0.1, 0.15) is 17.5 Å². The van der Waals surface area contributed by atoms with Crippen LogP contribution in [0.4, 0.5) is 5.69 Å². The zero-order chi connectivity index (χ0) is 22.5. The summed E-state index contributed by atoms with van der Waals surface area (Å²) in [7, 11) is 0. The first kappa shape index (κ1) is 21.4. The Morgan fingerprint density at radius 1 is 0.969 bits per heavy atom. The fourth-order valence-corrected chi connectivity index (χ4v) is 3.94. The lowest BCUT2D eigenvalue weighted by atomic mass is 10.0. The second-order valence-corrected chi connectivity index (χ2v) is 7.42. The van der Waals surface area contributed by atoms with E-state index in [-0.39, 0.29) is 11.8 Å². The Balaban J connectivity index is 1.68. The van der Waals surface area contributed by atoms with Gasteiger partial charge in [0.2, 0.25) is 0 Å². The number of carbonyl (C=O) groups excluding carboxylic acids is 2. The van der Waals surface area contributed by atoms with Gasteiger partial charge in [0, 0.05) is 18.2 Å². The first-order valence-corrected chi connectivity index (χ1v) is 10.8. The highest BCUT2D eigenvalue weighted by molar-refractivity contribution is 6.04. The summed E-state index contributed by atoms with van der Waals surface area (Å²) in [4.78, 5) is 28.4. The second kappa shape index (κ2) is 9.56.